The zero-order valence-electron chi connectivity index (χ0n) is 10.9. The Morgan fingerprint density at radius 2 is 2.30 bits per heavy atom. The molecule has 1 amide bonds. The number of amides is 1. The molecule has 0 aliphatic heterocycles. The first-order valence-electron chi connectivity index (χ1n) is 6.63. The number of carbonyl (C=O) groups is 1. The molecule has 2 aromatic rings. The lowest BCUT2D eigenvalue weighted by Crippen LogP contribution is -2.34. The van der Waals surface area contributed by atoms with Gasteiger partial charge in [0.15, 0.2) is 0 Å². The van der Waals surface area contributed by atoms with E-state index in [-0.39, 0.29) is 11.9 Å². The molecule has 20 heavy (non-hydrogen) atoms. The molecule has 6 heteroatoms. The Labute approximate surface area is 116 Å². The van der Waals surface area contributed by atoms with Crippen molar-refractivity contribution in [3.05, 3.63) is 47.8 Å². The van der Waals surface area contributed by atoms with Gasteiger partial charge in [-0.3, -0.25) is 9.48 Å². The van der Waals surface area contributed by atoms with Crippen LogP contribution in [0.5, 0.6) is 0 Å². The van der Waals surface area contributed by atoms with Crippen molar-refractivity contribution in [3.63, 3.8) is 0 Å². The van der Waals surface area contributed by atoms with E-state index in [1.165, 1.54) is 0 Å². The lowest BCUT2D eigenvalue weighted by atomic mass is 10.1. The molecule has 1 aliphatic carbocycles. The van der Waals surface area contributed by atoms with Crippen LogP contribution in [0.2, 0.25) is 0 Å². The average molecular weight is 272 g/mol. The number of aliphatic hydroxyl groups excluding tert-OH is 1. The second-order valence-electron chi connectivity index (χ2n) is 4.93. The Morgan fingerprint density at radius 1 is 1.45 bits per heavy atom. The fraction of sp³-hybridized carbons (Fsp3) is 0.357. The molecule has 2 N–H and O–H groups in total. The molecule has 0 saturated carbocycles. The van der Waals surface area contributed by atoms with Crippen LogP contribution in [-0.2, 0) is 17.8 Å². The maximum absolute atomic E-state index is 12.0. The summed E-state index contributed by atoms with van der Waals surface area (Å²) in [5, 5.41) is 20.5. The van der Waals surface area contributed by atoms with Gasteiger partial charge in [-0.1, -0.05) is 29.5 Å². The fourth-order valence-corrected chi connectivity index (χ4v) is 2.56. The summed E-state index contributed by atoms with van der Waals surface area (Å²) >= 11 is 0. The maximum Gasteiger partial charge on any atom is 0.222 e. The summed E-state index contributed by atoms with van der Waals surface area (Å²) in [4.78, 5) is 12.0. The van der Waals surface area contributed by atoms with Crippen LogP contribution < -0.4 is 5.32 Å². The summed E-state index contributed by atoms with van der Waals surface area (Å²) in [6.45, 7) is 0.482. The molecule has 1 heterocycles. The molecule has 0 spiro atoms. The highest BCUT2D eigenvalue weighted by atomic mass is 16.3. The lowest BCUT2D eigenvalue weighted by molar-refractivity contribution is -0.122. The van der Waals surface area contributed by atoms with E-state index in [0.717, 1.165) is 11.1 Å². The van der Waals surface area contributed by atoms with Crippen molar-refractivity contribution in [1.82, 2.24) is 20.3 Å². The van der Waals surface area contributed by atoms with E-state index in [9.17, 15) is 9.90 Å². The number of nitrogens with one attached hydrogen (secondary N) is 1. The van der Waals surface area contributed by atoms with E-state index < -0.39 is 6.10 Å². The van der Waals surface area contributed by atoms with Crippen molar-refractivity contribution in [1.29, 1.82) is 0 Å². The summed E-state index contributed by atoms with van der Waals surface area (Å²) in [5.74, 6) is -0.0961. The maximum atomic E-state index is 12.0. The van der Waals surface area contributed by atoms with Crippen LogP contribution in [0.25, 0.3) is 0 Å². The molecule has 6 nitrogen and oxygen atoms in total. The standard InChI is InChI=1S/C14H16N4O2/c19-12-9-10-3-1-2-4-11(10)14(12)16-13(20)5-7-18-8-6-15-17-18/h1-4,6,8,12,14,19H,5,7,9H2,(H,16,20)/t12-,14+/m0/s1. The van der Waals surface area contributed by atoms with Gasteiger partial charge in [0.05, 0.1) is 24.9 Å². The van der Waals surface area contributed by atoms with E-state index in [1.54, 1.807) is 17.1 Å². The van der Waals surface area contributed by atoms with Crippen molar-refractivity contribution in [2.45, 2.75) is 31.5 Å². The third-order valence-electron chi connectivity index (χ3n) is 3.56. The van der Waals surface area contributed by atoms with Gasteiger partial charge < -0.3 is 10.4 Å². The molecule has 2 atom stereocenters. The minimum absolute atomic E-state index is 0.0961. The molecule has 0 radical (unpaired) electrons. The predicted molar refractivity (Wildman–Crippen MR) is 71.7 cm³/mol. The second kappa shape index (κ2) is 5.42. The number of hydrogen-bond donors (Lipinski definition) is 2. The van der Waals surface area contributed by atoms with Gasteiger partial charge in [-0.2, -0.15) is 0 Å². The number of carbonyl (C=O) groups excluding carboxylic acids is 1. The van der Waals surface area contributed by atoms with Crippen LogP contribution in [0, 0.1) is 0 Å². The number of fused-ring (bicyclic) bond motifs is 1. The summed E-state index contributed by atoms with van der Waals surface area (Å²) in [5.41, 5.74) is 2.11. The van der Waals surface area contributed by atoms with Crippen molar-refractivity contribution in [2.24, 2.45) is 0 Å². The van der Waals surface area contributed by atoms with Crippen molar-refractivity contribution < 1.29 is 9.90 Å². The molecule has 1 aromatic carbocycles. The Balaban J connectivity index is 1.61. The Bertz CT molecular complexity index is 597. The first-order chi connectivity index (χ1) is 9.74. The minimum atomic E-state index is -0.553. The van der Waals surface area contributed by atoms with Crippen LogP contribution in [0.3, 0.4) is 0 Å². The van der Waals surface area contributed by atoms with Crippen molar-refractivity contribution in [2.75, 3.05) is 0 Å². The SMILES string of the molecule is O=C(CCn1ccnn1)N[C@@H]1c2ccccc2C[C@@H]1O. The number of hydrogen-bond acceptors (Lipinski definition) is 4. The highest BCUT2D eigenvalue weighted by Crippen LogP contribution is 2.31. The Kier molecular flexibility index (Phi) is 3.47. The first-order valence-corrected chi connectivity index (χ1v) is 6.63. The van der Waals surface area contributed by atoms with Crippen LogP contribution in [0.4, 0.5) is 0 Å². The van der Waals surface area contributed by atoms with Crippen LogP contribution in [-0.4, -0.2) is 32.1 Å². The Hall–Kier alpha value is -2.21. The van der Waals surface area contributed by atoms with E-state index in [0.29, 0.717) is 19.4 Å². The lowest BCUT2D eigenvalue weighted by Gasteiger charge is -2.17. The van der Waals surface area contributed by atoms with Crippen LogP contribution in [0.1, 0.15) is 23.6 Å². The molecule has 3 rings (SSSR count). The van der Waals surface area contributed by atoms with Gasteiger partial charge in [-0.15, -0.1) is 5.10 Å². The van der Waals surface area contributed by atoms with Gasteiger partial charge in [0.1, 0.15) is 0 Å². The highest BCUT2D eigenvalue weighted by molar-refractivity contribution is 5.76. The minimum Gasteiger partial charge on any atom is -0.390 e. The number of nitrogens with zero attached hydrogens (tertiary/aromatic N) is 3. The highest BCUT2D eigenvalue weighted by Gasteiger charge is 2.31. The normalized spacial score (nSPS) is 20.6. The molecule has 104 valence electrons. The molecule has 1 aliphatic rings. The number of rotatable bonds is 4. The van der Waals surface area contributed by atoms with E-state index >= 15 is 0 Å². The monoisotopic (exact) mass is 272 g/mol. The van der Waals surface area contributed by atoms with Crippen molar-refractivity contribution in [3.8, 4) is 0 Å². The number of aromatic nitrogens is 3. The topological polar surface area (TPSA) is 80.0 Å². The van der Waals surface area contributed by atoms with E-state index in [2.05, 4.69) is 15.6 Å². The summed E-state index contributed by atoms with van der Waals surface area (Å²) in [6, 6.07) is 7.49. The summed E-state index contributed by atoms with van der Waals surface area (Å²) < 4.78 is 1.61. The molecule has 0 fully saturated rings. The second-order valence-corrected chi connectivity index (χ2v) is 4.93. The third kappa shape index (κ3) is 2.55. The number of aryl methyl sites for hydroxylation is 1. The van der Waals surface area contributed by atoms with Crippen LogP contribution >= 0.6 is 0 Å². The number of benzene rings is 1. The zero-order valence-corrected chi connectivity index (χ0v) is 10.9. The van der Waals surface area contributed by atoms with Gasteiger partial charge in [0.2, 0.25) is 5.91 Å². The Morgan fingerprint density at radius 3 is 3.10 bits per heavy atom. The van der Waals surface area contributed by atoms with Gasteiger partial charge in [-0.25, -0.2) is 0 Å². The van der Waals surface area contributed by atoms with Gasteiger partial charge in [0.25, 0.3) is 0 Å². The first kappa shape index (κ1) is 12.8. The number of aliphatic hydroxyl groups is 1. The molecular weight excluding hydrogens is 256 g/mol. The van der Waals surface area contributed by atoms with Crippen LogP contribution in [0.15, 0.2) is 36.7 Å². The fourth-order valence-electron chi connectivity index (χ4n) is 2.56. The van der Waals surface area contributed by atoms with Gasteiger partial charge >= 0.3 is 0 Å². The summed E-state index contributed by atoms with van der Waals surface area (Å²) in [6.07, 6.45) is 3.64. The quantitative estimate of drug-likeness (QED) is 0.846. The van der Waals surface area contributed by atoms with Gasteiger partial charge in [0, 0.05) is 19.0 Å². The predicted octanol–water partition coefficient (Wildman–Crippen LogP) is 0.443. The molecule has 0 bridgehead atoms. The largest absolute Gasteiger partial charge is 0.390 e. The molecule has 0 unspecified atom stereocenters. The molecule has 1 aromatic heterocycles. The summed E-state index contributed by atoms with van der Waals surface area (Å²) in [7, 11) is 0. The third-order valence-corrected chi connectivity index (χ3v) is 3.56. The van der Waals surface area contributed by atoms with Gasteiger partial charge in [-0.05, 0) is 11.1 Å². The van der Waals surface area contributed by atoms with Crippen molar-refractivity contribution >= 4 is 5.91 Å². The average Bonchev–Trinajstić information content (AvgIpc) is 3.06. The smallest absolute Gasteiger partial charge is 0.222 e. The van der Waals surface area contributed by atoms with E-state index in [1.807, 2.05) is 24.3 Å². The van der Waals surface area contributed by atoms with E-state index in [4.69, 9.17) is 0 Å². The molecule has 0 saturated heterocycles. The molecular formula is C14H16N4O2. The zero-order chi connectivity index (χ0) is 13.9.